The normalized spacial score (nSPS) is 12.6. The average Bonchev–Trinajstić information content (AvgIpc) is 2.99. The topological polar surface area (TPSA) is 14.2 Å². The number of ether oxygens (including phenoxy) is 1. The van der Waals surface area contributed by atoms with Crippen molar-refractivity contribution in [2.75, 3.05) is 7.11 Å². The van der Waals surface area contributed by atoms with E-state index < -0.39 is 0 Å². The lowest BCUT2D eigenvalue weighted by molar-refractivity contribution is 0.416. The Morgan fingerprint density at radius 2 is 1.48 bits per heavy atom. The van der Waals surface area contributed by atoms with Crippen molar-refractivity contribution in [3.8, 4) is 28.3 Å². The Bertz CT molecular complexity index is 801. The van der Waals surface area contributed by atoms with E-state index in [0.717, 1.165) is 24.3 Å². The van der Waals surface area contributed by atoms with E-state index >= 15 is 0 Å². The highest BCUT2D eigenvalue weighted by atomic mass is 16.5. The molecule has 2 heteroatoms. The van der Waals surface area contributed by atoms with Gasteiger partial charge in [0.15, 0.2) is 0 Å². The van der Waals surface area contributed by atoms with Crippen molar-refractivity contribution in [3.05, 3.63) is 66.2 Å². The van der Waals surface area contributed by atoms with Crippen molar-refractivity contribution in [1.82, 2.24) is 4.57 Å². The minimum atomic E-state index is 0.928. The number of aryl methyl sites for hydroxylation is 1. The number of aromatic nitrogens is 1. The van der Waals surface area contributed by atoms with Crippen LogP contribution in [0.15, 0.2) is 60.7 Å². The molecule has 4 rings (SSSR count). The first kappa shape index (κ1) is 12.3. The first-order valence-electron chi connectivity index (χ1n) is 7.29. The largest absolute Gasteiger partial charge is 0.496 e. The van der Waals surface area contributed by atoms with Crippen LogP contribution in [0.5, 0.6) is 5.75 Å². The zero-order chi connectivity index (χ0) is 14.2. The van der Waals surface area contributed by atoms with Crippen molar-refractivity contribution in [2.24, 2.45) is 0 Å². The van der Waals surface area contributed by atoms with Crippen LogP contribution in [0.25, 0.3) is 22.5 Å². The van der Waals surface area contributed by atoms with Crippen molar-refractivity contribution >= 4 is 0 Å². The number of fused-ring (bicyclic) bond motifs is 3. The summed E-state index contributed by atoms with van der Waals surface area (Å²) in [6.07, 6.45) is 1.08. The molecule has 0 atom stereocenters. The van der Waals surface area contributed by atoms with Crippen molar-refractivity contribution in [2.45, 2.75) is 13.0 Å². The Hall–Kier alpha value is -2.48. The van der Waals surface area contributed by atoms with Gasteiger partial charge in [0, 0.05) is 23.4 Å². The van der Waals surface area contributed by atoms with Gasteiger partial charge >= 0.3 is 0 Å². The Morgan fingerprint density at radius 1 is 0.810 bits per heavy atom. The molecular formula is C19H17NO. The molecule has 2 aromatic carbocycles. The van der Waals surface area contributed by atoms with Crippen molar-refractivity contribution in [1.29, 1.82) is 0 Å². The van der Waals surface area contributed by atoms with E-state index in [9.17, 15) is 0 Å². The zero-order valence-corrected chi connectivity index (χ0v) is 12.0. The van der Waals surface area contributed by atoms with E-state index in [4.69, 9.17) is 4.74 Å². The SMILES string of the molecule is COc1ccccc1-c1ccc2n1CCc1ccccc1-2. The van der Waals surface area contributed by atoms with Crippen molar-refractivity contribution < 1.29 is 4.74 Å². The second kappa shape index (κ2) is 4.81. The molecule has 2 nitrogen and oxygen atoms in total. The van der Waals surface area contributed by atoms with E-state index in [-0.39, 0.29) is 0 Å². The van der Waals surface area contributed by atoms with Gasteiger partial charge in [-0.1, -0.05) is 36.4 Å². The highest BCUT2D eigenvalue weighted by Crippen LogP contribution is 2.37. The lowest BCUT2D eigenvalue weighted by atomic mass is 9.99. The number of nitrogens with zero attached hydrogens (tertiary/aromatic N) is 1. The van der Waals surface area contributed by atoms with E-state index in [2.05, 4.69) is 53.1 Å². The fourth-order valence-corrected chi connectivity index (χ4v) is 3.26. The monoisotopic (exact) mass is 275 g/mol. The minimum absolute atomic E-state index is 0.928. The maximum Gasteiger partial charge on any atom is 0.128 e. The molecule has 3 aromatic rings. The summed E-state index contributed by atoms with van der Waals surface area (Å²) in [7, 11) is 1.73. The minimum Gasteiger partial charge on any atom is -0.496 e. The molecule has 104 valence electrons. The Balaban J connectivity index is 1.90. The predicted molar refractivity (Wildman–Crippen MR) is 85.6 cm³/mol. The summed E-state index contributed by atoms with van der Waals surface area (Å²) in [5, 5.41) is 0. The third-order valence-corrected chi connectivity index (χ3v) is 4.26. The maximum absolute atomic E-state index is 5.52. The lowest BCUT2D eigenvalue weighted by Crippen LogP contribution is -2.11. The molecule has 21 heavy (non-hydrogen) atoms. The van der Waals surface area contributed by atoms with Crippen LogP contribution in [-0.4, -0.2) is 11.7 Å². The summed E-state index contributed by atoms with van der Waals surface area (Å²) >= 11 is 0. The first-order chi connectivity index (χ1) is 10.4. The van der Waals surface area contributed by atoms with Crippen LogP contribution in [0.2, 0.25) is 0 Å². The molecular weight excluding hydrogens is 258 g/mol. The number of para-hydroxylation sites is 1. The summed E-state index contributed by atoms with van der Waals surface area (Å²) in [5.41, 5.74) is 6.49. The molecule has 0 bridgehead atoms. The van der Waals surface area contributed by atoms with Crippen molar-refractivity contribution in [3.63, 3.8) is 0 Å². The van der Waals surface area contributed by atoms with Gasteiger partial charge in [0.05, 0.1) is 12.8 Å². The van der Waals surface area contributed by atoms with Crippen LogP contribution in [0.3, 0.4) is 0 Å². The molecule has 0 spiro atoms. The molecule has 0 saturated heterocycles. The summed E-state index contributed by atoms with van der Waals surface area (Å²) in [5.74, 6) is 0.928. The number of hydrogen-bond acceptors (Lipinski definition) is 1. The van der Waals surface area contributed by atoms with Gasteiger partial charge in [-0.05, 0) is 36.2 Å². The summed E-state index contributed by atoms with van der Waals surface area (Å²) < 4.78 is 7.92. The highest BCUT2D eigenvalue weighted by molar-refractivity contribution is 5.75. The number of methoxy groups -OCH3 is 1. The fraction of sp³-hybridized carbons (Fsp3) is 0.158. The third-order valence-electron chi connectivity index (χ3n) is 4.26. The van der Waals surface area contributed by atoms with Crippen LogP contribution < -0.4 is 4.74 Å². The van der Waals surface area contributed by atoms with E-state index in [1.807, 2.05) is 12.1 Å². The molecule has 1 aromatic heterocycles. The second-order valence-corrected chi connectivity index (χ2v) is 5.36. The summed E-state index contributed by atoms with van der Waals surface area (Å²) in [6, 6.07) is 21.3. The predicted octanol–water partition coefficient (Wildman–Crippen LogP) is 4.39. The van der Waals surface area contributed by atoms with Crippen LogP contribution >= 0.6 is 0 Å². The molecule has 0 amide bonds. The Kier molecular flexibility index (Phi) is 2.81. The summed E-state index contributed by atoms with van der Waals surface area (Å²) in [6.45, 7) is 1.02. The third kappa shape index (κ3) is 1.87. The zero-order valence-electron chi connectivity index (χ0n) is 12.0. The van der Waals surface area contributed by atoms with Gasteiger partial charge < -0.3 is 9.30 Å². The molecule has 1 aliphatic rings. The van der Waals surface area contributed by atoms with Gasteiger partial charge in [0.1, 0.15) is 5.75 Å². The lowest BCUT2D eigenvalue weighted by Gasteiger charge is -2.22. The molecule has 0 N–H and O–H groups in total. The second-order valence-electron chi connectivity index (χ2n) is 5.36. The van der Waals surface area contributed by atoms with Crippen LogP contribution in [-0.2, 0) is 13.0 Å². The maximum atomic E-state index is 5.52. The fourth-order valence-electron chi connectivity index (χ4n) is 3.26. The van der Waals surface area contributed by atoms with Gasteiger partial charge in [-0.25, -0.2) is 0 Å². The molecule has 0 unspecified atom stereocenters. The van der Waals surface area contributed by atoms with Gasteiger partial charge in [-0.3, -0.25) is 0 Å². The Morgan fingerprint density at radius 3 is 2.29 bits per heavy atom. The molecule has 0 aliphatic carbocycles. The smallest absolute Gasteiger partial charge is 0.128 e. The average molecular weight is 275 g/mol. The quantitative estimate of drug-likeness (QED) is 0.676. The molecule has 0 radical (unpaired) electrons. The van der Waals surface area contributed by atoms with Crippen LogP contribution in [0, 0.1) is 0 Å². The van der Waals surface area contributed by atoms with Crippen LogP contribution in [0.1, 0.15) is 5.56 Å². The van der Waals surface area contributed by atoms with Crippen LogP contribution in [0.4, 0.5) is 0 Å². The molecule has 1 aliphatic heterocycles. The molecule has 0 saturated carbocycles. The van der Waals surface area contributed by atoms with Gasteiger partial charge in [0.25, 0.3) is 0 Å². The molecule has 0 fully saturated rings. The van der Waals surface area contributed by atoms with Gasteiger partial charge in [-0.15, -0.1) is 0 Å². The Labute approximate surface area is 124 Å². The van der Waals surface area contributed by atoms with E-state index in [0.29, 0.717) is 0 Å². The highest BCUT2D eigenvalue weighted by Gasteiger charge is 2.19. The summed E-state index contributed by atoms with van der Waals surface area (Å²) in [4.78, 5) is 0. The molecule has 2 heterocycles. The first-order valence-corrected chi connectivity index (χ1v) is 7.29. The number of benzene rings is 2. The number of rotatable bonds is 2. The van der Waals surface area contributed by atoms with Gasteiger partial charge in [-0.2, -0.15) is 0 Å². The van der Waals surface area contributed by atoms with E-state index in [1.165, 1.54) is 22.5 Å². The van der Waals surface area contributed by atoms with Gasteiger partial charge in [0.2, 0.25) is 0 Å². The standard InChI is InChI=1S/C19H17NO/c1-21-19-9-5-4-8-16(19)18-11-10-17-15-7-3-2-6-14(15)12-13-20(17)18/h2-11H,12-13H2,1H3. The van der Waals surface area contributed by atoms with E-state index in [1.54, 1.807) is 7.11 Å². The number of hydrogen-bond donors (Lipinski definition) is 0.